The van der Waals surface area contributed by atoms with E-state index in [1.165, 1.54) is 0 Å². The zero-order valence-electron chi connectivity index (χ0n) is 8.29. The average molecular weight is 308 g/mol. The molecule has 0 aliphatic rings. The van der Waals surface area contributed by atoms with E-state index < -0.39 is 0 Å². The van der Waals surface area contributed by atoms with Crippen molar-refractivity contribution in [2.45, 2.75) is 19.9 Å². The normalized spacial score (nSPS) is 10.5. The summed E-state index contributed by atoms with van der Waals surface area (Å²) in [4.78, 5) is 15.8. The van der Waals surface area contributed by atoms with Gasteiger partial charge in [-0.25, -0.2) is 4.98 Å². The Morgan fingerprint density at radius 3 is 3.00 bits per heavy atom. The van der Waals surface area contributed by atoms with Crippen molar-refractivity contribution in [3.63, 3.8) is 0 Å². The number of ether oxygens (including phenoxy) is 1. The third-order valence-corrected chi connectivity index (χ3v) is 2.67. The lowest BCUT2D eigenvalue weighted by molar-refractivity contribution is 0.189. The molecule has 4 nitrogen and oxygen atoms in total. The summed E-state index contributed by atoms with van der Waals surface area (Å²) in [6, 6.07) is 0. The van der Waals surface area contributed by atoms with Crippen LogP contribution in [0.25, 0.3) is 0 Å². The molecule has 1 aromatic rings. The van der Waals surface area contributed by atoms with E-state index in [4.69, 9.17) is 4.74 Å². The molecule has 78 valence electrons. The Morgan fingerprint density at radius 1 is 1.64 bits per heavy atom. The van der Waals surface area contributed by atoms with E-state index in [1.807, 2.05) is 29.5 Å². The SMILES string of the molecule is COCCCn1c(C)ncc(I)c1=O. The molecule has 0 spiro atoms. The molecular formula is C9H13IN2O2. The maximum Gasteiger partial charge on any atom is 0.266 e. The molecule has 1 aromatic heterocycles. The van der Waals surface area contributed by atoms with Crippen molar-refractivity contribution in [2.75, 3.05) is 13.7 Å². The van der Waals surface area contributed by atoms with Gasteiger partial charge in [0.15, 0.2) is 0 Å². The van der Waals surface area contributed by atoms with Crippen LogP contribution in [0, 0.1) is 10.5 Å². The first-order valence-electron chi connectivity index (χ1n) is 4.37. The summed E-state index contributed by atoms with van der Waals surface area (Å²) in [6.07, 6.45) is 2.43. The standard InChI is InChI=1S/C9H13IN2O2/c1-7-11-6-8(10)9(13)12(7)4-3-5-14-2/h6H,3-5H2,1-2H3. The molecule has 0 aliphatic heterocycles. The summed E-state index contributed by atoms with van der Waals surface area (Å²) >= 11 is 2.00. The topological polar surface area (TPSA) is 44.1 Å². The predicted molar refractivity (Wildman–Crippen MR) is 62.4 cm³/mol. The molecule has 0 saturated heterocycles. The van der Waals surface area contributed by atoms with E-state index in [0.717, 1.165) is 12.2 Å². The lowest BCUT2D eigenvalue weighted by Crippen LogP contribution is -2.26. The first-order chi connectivity index (χ1) is 6.66. The highest BCUT2D eigenvalue weighted by Crippen LogP contribution is 1.98. The number of aromatic nitrogens is 2. The third-order valence-electron chi connectivity index (χ3n) is 1.94. The number of aryl methyl sites for hydroxylation is 1. The van der Waals surface area contributed by atoms with Gasteiger partial charge in [0, 0.05) is 26.5 Å². The highest BCUT2D eigenvalue weighted by Gasteiger charge is 2.04. The van der Waals surface area contributed by atoms with Crippen LogP contribution < -0.4 is 5.56 Å². The molecule has 0 amide bonds. The van der Waals surface area contributed by atoms with Crippen molar-refractivity contribution >= 4 is 22.6 Å². The van der Waals surface area contributed by atoms with Gasteiger partial charge in [0.1, 0.15) is 5.82 Å². The second-order valence-corrected chi connectivity index (χ2v) is 4.12. The van der Waals surface area contributed by atoms with Gasteiger partial charge in [0.2, 0.25) is 0 Å². The van der Waals surface area contributed by atoms with E-state index >= 15 is 0 Å². The molecule has 0 saturated carbocycles. The number of nitrogens with zero attached hydrogens (tertiary/aromatic N) is 2. The number of halogens is 1. The lowest BCUT2D eigenvalue weighted by Gasteiger charge is -2.08. The molecule has 1 rings (SSSR count). The average Bonchev–Trinajstić information content (AvgIpc) is 2.18. The molecule has 1 heterocycles. The van der Waals surface area contributed by atoms with Crippen LogP contribution in [0.1, 0.15) is 12.2 Å². The fourth-order valence-corrected chi connectivity index (χ4v) is 1.61. The van der Waals surface area contributed by atoms with E-state index in [2.05, 4.69) is 4.98 Å². The minimum atomic E-state index is 0.0363. The van der Waals surface area contributed by atoms with Crippen LogP contribution in [-0.2, 0) is 11.3 Å². The Kier molecular flexibility index (Phi) is 4.53. The molecule has 0 fully saturated rings. The molecule has 0 unspecified atom stereocenters. The van der Waals surface area contributed by atoms with E-state index in [1.54, 1.807) is 17.9 Å². The first-order valence-corrected chi connectivity index (χ1v) is 5.45. The van der Waals surface area contributed by atoms with Crippen LogP contribution in [0.3, 0.4) is 0 Å². The van der Waals surface area contributed by atoms with E-state index in [9.17, 15) is 4.79 Å². The van der Waals surface area contributed by atoms with Crippen molar-refractivity contribution in [1.82, 2.24) is 9.55 Å². The van der Waals surface area contributed by atoms with Gasteiger partial charge in [-0.2, -0.15) is 0 Å². The van der Waals surface area contributed by atoms with Gasteiger partial charge in [0.25, 0.3) is 5.56 Å². The molecule has 0 bridgehead atoms. The quantitative estimate of drug-likeness (QED) is 0.620. The van der Waals surface area contributed by atoms with Gasteiger partial charge in [-0.05, 0) is 35.9 Å². The van der Waals surface area contributed by atoms with E-state index in [0.29, 0.717) is 16.7 Å². The number of rotatable bonds is 4. The zero-order chi connectivity index (χ0) is 10.6. The Bertz CT molecular complexity index is 362. The van der Waals surface area contributed by atoms with Crippen LogP contribution >= 0.6 is 22.6 Å². The molecule has 0 aromatic carbocycles. The molecule has 0 N–H and O–H groups in total. The molecule has 0 radical (unpaired) electrons. The van der Waals surface area contributed by atoms with Crippen LogP contribution in [0.2, 0.25) is 0 Å². The Morgan fingerprint density at radius 2 is 2.36 bits per heavy atom. The number of hydrogen-bond donors (Lipinski definition) is 0. The third kappa shape index (κ3) is 2.78. The summed E-state index contributed by atoms with van der Waals surface area (Å²) in [5.74, 6) is 0.756. The van der Waals surface area contributed by atoms with E-state index in [-0.39, 0.29) is 5.56 Å². The fraction of sp³-hybridized carbons (Fsp3) is 0.556. The smallest absolute Gasteiger partial charge is 0.266 e. The second-order valence-electron chi connectivity index (χ2n) is 2.96. The summed E-state index contributed by atoms with van der Waals surface area (Å²) < 4.78 is 7.28. The Hall–Kier alpha value is -0.430. The van der Waals surface area contributed by atoms with Gasteiger partial charge >= 0.3 is 0 Å². The Balaban J connectivity index is 2.84. The highest BCUT2D eigenvalue weighted by atomic mass is 127. The fourth-order valence-electron chi connectivity index (χ4n) is 1.18. The minimum absolute atomic E-state index is 0.0363. The maximum atomic E-state index is 11.7. The first kappa shape index (κ1) is 11.6. The molecule has 0 atom stereocenters. The van der Waals surface area contributed by atoms with Gasteiger partial charge in [-0.15, -0.1) is 0 Å². The van der Waals surface area contributed by atoms with Gasteiger partial charge in [-0.1, -0.05) is 0 Å². The van der Waals surface area contributed by atoms with Crippen LogP contribution in [0.5, 0.6) is 0 Å². The van der Waals surface area contributed by atoms with Crippen molar-refractivity contribution in [2.24, 2.45) is 0 Å². The summed E-state index contributed by atoms with van der Waals surface area (Å²) in [6.45, 7) is 3.17. The van der Waals surface area contributed by atoms with Crippen molar-refractivity contribution in [1.29, 1.82) is 0 Å². The van der Waals surface area contributed by atoms with Crippen molar-refractivity contribution in [3.8, 4) is 0 Å². The molecule has 14 heavy (non-hydrogen) atoms. The number of methoxy groups -OCH3 is 1. The minimum Gasteiger partial charge on any atom is -0.385 e. The predicted octanol–water partition coefficient (Wildman–Crippen LogP) is 1.19. The van der Waals surface area contributed by atoms with Gasteiger partial charge < -0.3 is 4.74 Å². The monoisotopic (exact) mass is 308 g/mol. The molecule has 5 heteroatoms. The molecular weight excluding hydrogens is 295 g/mol. The Labute approximate surface area is 96.4 Å². The zero-order valence-corrected chi connectivity index (χ0v) is 10.4. The van der Waals surface area contributed by atoms with Crippen LogP contribution in [0.4, 0.5) is 0 Å². The second kappa shape index (κ2) is 5.45. The van der Waals surface area contributed by atoms with Crippen molar-refractivity contribution in [3.05, 3.63) is 25.9 Å². The molecule has 0 aliphatic carbocycles. The summed E-state index contributed by atoms with van der Waals surface area (Å²) in [7, 11) is 1.66. The summed E-state index contributed by atoms with van der Waals surface area (Å²) in [5, 5.41) is 0. The highest BCUT2D eigenvalue weighted by molar-refractivity contribution is 14.1. The van der Waals surface area contributed by atoms with Crippen molar-refractivity contribution < 1.29 is 4.74 Å². The lowest BCUT2D eigenvalue weighted by atomic mass is 10.4. The van der Waals surface area contributed by atoms with Gasteiger partial charge in [0.05, 0.1) is 3.57 Å². The summed E-state index contributed by atoms with van der Waals surface area (Å²) in [5.41, 5.74) is 0.0363. The van der Waals surface area contributed by atoms with Gasteiger partial charge in [-0.3, -0.25) is 9.36 Å². The number of hydrogen-bond acceptors (Lipinski definition) is 3. The van der Waals surface area contributed by atoms with Crippen LogP contribution in [0.15, 0.2) is 11.0 Å². The maximum absolute atomic E-state index is 11.7. The largest absolute Gasteiger partial charge is 0.385 e. The van der Waals surface area contributed by atoms with Crippen LogP contribution in [-0.4, -0.2) is 23.3 Å².